The van der Waals surface area contributed by atoms with Gasteiger partial charge in [0.1, 0.15) is 0 Å². The van der Waals surface area contributed by atoms with Gasteiger partial charge < -0.3 is 10.2 Å². The van der Waals surface area contributed by atoms with Crippen molar-refractivity contribution in [3.8, 4) is 0 Å². The van der Waals surface area contributed by atoms with Crippen molar-refractivity contribution in [1.82, 2.24) is 0 Å². The Bertz CT molecular complexity index is 527. The predicted octanol–water partition coefficient (Wildman–Crippen LogP) is 3.45. The number of carbonyl (C=O) groups is 2. The monoisotopic (exact) mass is 288 g/mol. The van der Waals surface area contributed by atoms with Crippen LogP contribution in [-0.2, 0) is 9.59 Å². The lowest BCUT2D eigenvalue weighted by molar-refractivity contribution is -0.135. The number of hydrogen-bond donors (Lipinski definition) is 2. The van der Waals surface area contributed by atoms with E-state index in [4.69, 9.17) is 5.11 Å². The summed E-state index contributed by atoms with van der Waals surface area (Å²) in [5, 5.41) is 18.4. The van der Waals surface area contributed by atoms with E-state index < -0.39 is 11.9 Å². The molecule has 0 aliphatic heterocycles. The number of carboxylic acids is 2. The minimum Gasteiger partial charge on any atom is -0.478 e. The molecule has 1 aromatic carbocycles. The highest BCUT2D eigenvalue weighted by atomic mass is 16.4. The van der Waals surface area contributed by atoms with Gasteiger partial charge in [-0.15, -0.1) is 0 Å². The van der Waals surface area contributed by atoms with E-state index in [1.807, 2.05) is 30.3 Å². The summed E-state index contributed by atoms with van der Waals surface area (Å²) < 4.78 is 0. The van der Waals surface area contributed by atoms with Crippen LogP contribution in [0.15, 0.2) is 42.0 Å². The first kappa shape index (κ1) is 15.3. The summed E-state index contributed by atoms with van der Waals surface area (Å²) in [6.07, 6.45) is 6.08. The van der Waals surface area contributed by atoms with Crippen molar-refractivity contribution in [2.24, 2.45) is 5.92 Å². The van der Waals surface area contributed by atoms with Crippen LogP contribution in [-0.4, -0.2) is 22.2 Å². The Kier molecular flexibility index (Phi) is 5.14. The second kappa shape index (κ2) is 7.07. The van der Waals surface area contributed by atoms with Gasteiger partial charge >= 0.3 is 11.9 Å². The number of rotatable bonds is 5. The van der Waals surface area contributed by atoms with Crippen LogP contribution in [0.5, 0.6) is 0 Å². The molecule has 1 aliphatic carbocycles. The van der Waals surface area contributed by atoms with E-state index in [0.29, 0.717) is 0 Å². The molecule has 1 atom stereocenters. The molecule has 0 heterocycles. The first-order chi connectivity index (χ1) is 10.1. The molecule has 0 amide bonds. The molecule has 1 aromatic rings. The highest BCUT2D eigenvalue weighted by Crippen LogP contribution is 2.40. The van der Waals surface area contributed by atoms with E-state index in [1.165, 1.54) is 6.42 Å². The maximum atomic E-state index is 11.6. The van der Waals surface area contributed by atoms with Gasteiger partial charge in [0.15, 0.2) is 0 Å². The van der Waals surface area contributed by atoms with Gasteiger partial charge in [-0.25, -0.2) is 9.59 Å². The van der Waals surface area contributed by atoms with Gasteiger partial charge in [0.2, 0.25) is 0 Å². The molecule has 0 saturated heterocycles. The fourth-order valence-corrected chi connectivity index (χ4v) is 3.25. The Hall–Kier alpha value is -2.10. The fourth-order valence-electron chi connectivity index (χ4n) is 3.25. The number of hydrogen-bond acceptors (Lipinski definition) is 2. The minimum atomic E-state index is -1.20. The van der Waals surface area contributed by atoms with Crippen LogP contribution in [0.3, 0.4) is 0 Å². The van der Waals surface area contributed by atoms with Gasteiger partial charge in [-0.3, -0.25) is 0 Å². The minimum absolute atomic E-state index is 0.0133. The maximum Gasteiger partial charge on any atom is 0.332 e. The number of aliphatic carboxylic acids is 2. The van der Waals surface area contributed by atoms with Gasteiger partial charge in [0.05, 0.1) is 5.57 Å². The largest absolute Gasteiger partial charge is 0.478 e. The Morgan fingerprint density at radius 1 is 1.05 bits per heavy atom. The number of carboxylic acid groups (broad SMARTS) is 2. The van der Waals surface area contributed by atoms with Crippen molar-refractivity contribution < 1.29 is 19.8 Å². The second-order valence-corrected chi connectivity index (χ2v) is 5.53. The van der Waals surface area contributed by atoms with Gasteiger partial charge in [-0.2, -0.15) is 0 Å². The van der Waals surface area contributed by atoms with Crippen molar-refractivity contribution in [1.29, 1.82) is 0 Å². The zero-order chi connectivity index (χ0) is 15.2. The molecule has 0 radical (unpaired) electrons. The standard InChI is InChI=1S/C17H20O4/c18-15(19)11-14(17(20)21)16(12-7-3-1-4-8-12)13-9-5-2-6-10-13/h1,3-4,7-8,11,13,16H,2,5-6,9-10H2,(H,18,19)(H,20,21)/b14-11-. The molecule has 0 spiro atoms. The highest BCUT2D eigenvalue weighted by Gasteiger charge is 2.31. The summed E-state index contributed by atoms with van der Waals surface area (Å²) in [6.45, 7) is 0. The lowest BCUT2D eigenvalue weighted by Crippen LogP contribution is -2.23. The van der Waals surface area contributed by atoms with Crippen molar-refractivity contribution in [3.05, 3.63) is 47.5 Å². The summed E-state index contributed by atoms with van der Waals surface area (Å²) in [5.41, 5.74) is 0.875. The molecule has 1 saturated carbocycles. The normalized spacial score (nSPS) is 18.2. The van der Waals surface area contributed by atoms with Crippen molar-refractivity contribution in [2.45, 2.75) is 38.0 Å². The summed E-state index contributed by atoms with van der Waals surface area (Å²) in [5.74, 6) is -2.50. The van der Waals surface area contributed by atoms with Crippen molar-refractivity contribution >= 4 is 11.9 Å². The van der Waals surface area contributed by atoms with Crippen LogP contribution in [0.4, 0.5) is 0 Å². The van der Waals surface area contributed by atoms with E-state index >= 15 is 0 Å². The molecule has 1 fully saturated rings. The smallest absolute Gasteiger partial charge is 0.332 e. The van der Waals surface area contributed by atoms with Crippen LogP contribution < -0.4 is 0 Å². The van der Waals surface area contributed by atoms with E-state index in [0.717, 1.165) is 37.3 Å². The summed E-state index contributed by atoms with van der Waals surface area (Å²) in [6, 6.07) is 9.38. The Labute approximate surface area is 124 Å². The first-order valence-electron chi connectivity index (χ1n) is 7.32. The summed E-state index contributed by atoms with van der Waals surface area (Å²) in [4.78, 5) is 22.6. The molecule has 2 N–H and O–H groups in total. The molecular weight excluding hydrogens is 268 g/mol. The van der Waals surface area contributed by atoms with Gasteiger partial charge in [0, 0.05) is 12.0 Å². The third-order valence-electron chi connectivity index (χ3n) is 4.14. The van der Waals surface area contributed by atoms with Gasteiger partial charge in [-0.1, -0.05) is 49.6 Å². The molecule has 21 heavy (non-hydrogen) atoms. The molecule has 1 unspecified atom stereocenters. The lowest BCUT2D eigenvalue weighted by atomic mass is 9.73. The SMILES string of the molecule is O=C(O)/C=C(\C(=O)O)C(c1ccccc1)C1CCCCC1. The summed E-state index contributed by atoms with van der Waals surface area (Å²) >= 11 is 0. The van der Waals surface area contributed by atoms with Crippen LogP contribution in [0.1, 0.15) is 43.6 Å². The average Bonchev–Trinajstić information content (AvgIpc) is 2.48. The lowest BCUT2D eigenvalue weighted by Gasteiger charge is -2.31. The Balaban J connectivity index is 2.43. The Morgan fingerprint density at radius 2 is 1.67 bits per heavy atom. The summed E-state index contributed by atoms with van der Waals surface area (Å²) in [7, 11) is 0. The highest BCUT2D eigenvalue weighted by molar-refractivity contribution is 5.96. The van der Waals surface area contributed by atoms with Crippen LogP contribution >= 0.6 is 0 Å². The third kappa shape index (κ3) is 3.94. The quantitative estimate of drug-likeness (QED) is 0.814. The van der Waals surface area contributed by atoms with Crippen molar-refractivity contribution in [2.75, 3.05) is 0 Å². The van der Waals surface area contributed by atoms with Crippen LogP contribution in [0.25, 0.3) is 0 Å². The van der Waals surface area contributed by atoms with Crippen LogP contribution in [0, 0.1) is 5.92 Å². The van der Waals surface area contributed by atoms with Crippen molar-refractivity contribution in [3.63, 3.8) is 0 Å². The molecule has 112 valence electrons. The van der Waals surface area contributed by atoms with E-state index in [2.05, 4.69) is 0 Å². The fraction of sp³-hybridized carbons (Fsp3) is 0.412. The molecule has 1 aliphatic rings. The second-order valence-electron chi connectivity index (χ2n) is 5.53. The zero-order valence-corrected chi connectivity index (χ0v) is 11.9. The molecule has 4 heteroatoms. The van der Waals surface area contributed by atoms with Crippen LogP contribution in [0.2, 0.25) is 0 Å². The predicted molar refractivity (Wildman–Crippen MR) is 79.1 cm³/mol. The molecule has 0 aromatic heterocycles. The number of benzene rings is 1. The van der Waals surface area contributed by atoms with E-state index in [-0.39, 0.29) is 17.4 Å². The van der Waals surface area contributed by atoms with Gasteiger partial charge in [0.25, 0.3) is 0 Å². The van der Waals surface area contributed by atoms with Gasteiger partial charge in [-0.05, 0) is 24.3 Å². The maximum absolute atomic E-state index is 11.6. The molecule has 4 nitrogen and oxygen atoms in total. The Morgan fingerprint density at radius 3 is 2.19 bits per heavy atom. The van der Waals surface area contributed by atoms with E-state index in [9.17, 15) is 14.7 Å². The topological polar surface area (TPSA) is 74.6 Å². The average molecular weight is 288 g/mol. The molecular formula is C17H20O4. The molecule has 2 rings (SSSR count). The zero-order valence-electron chi connectivity index (χ0n) is 11.9. The molecule has 0 bridgehead atoms. The third-order valence-corrected chi connectivity index (χ3v) is 4.14. The first-order valence-corrected chi connectivity index (χ1v) is 7.32. The van der Waals surface area contributed by atoms with E-state index in [1.54, 1.807) is 0 Å².